The van der Waals surface area contributed by atoms with Crippen LogP contribution in [-0.4, -0.2) is 29.0 Å². The second-order valence-corrected chi connectivity index (χ2v) is 5.99. The predicted molar refractivity (Wildman–Crippen MR) is 96.9 cm³/mol. The zero-order valence-electron chi connectivity index (χ0n) is 14.2. The molecule has 3 rings (SSSR count). The third-order valence-corrected chi connectivity index (χ3v) is 3.99. The maximum absolute atomic E-state index is 11.4. The Labute approximate surface area is 142 Å². The van der Waals surface area contributed by atoms with E-state index in [0.29, 0.717) is 6.42 Å². The highest BCUT2D eigenvalue weighted by atomic mass is 16.1. The number of nitrogens with zero attached hydrogens (tertiary/aromatic N) is 3. The van der Waals surface area contributed by atoms with E-state index in [1.165, 1.54) is 12.8 Å². The second-order valence-electron chi connectivity index (χ2n) is 5.99. The van der Waals surface area contributed by atoms with Crippen LogP contribution in [0, 0.1) is 6.92 Å². The Morgan fingerprint density at radius 2 is 1.79 bits per heavy atom. The van der Waals surface area contributed by atoms with E-state index in [9.17, 15) is 4.79 Å². The molecule has 0 unspecified atom stereocenters. The maximum atomic E-state index is 11.4. The Hall–Kier alpha value is -2.63. The van der Waals surface area contributed by atoms with Gasteiger partial charge in [-0.25, -0.2) is 4.98 Å². The molecule has 2 heterocycles. The molecule has 0 spiro atoms. The van der Waals surface area contributed by atoms with E-state index < -0.39 is 0 Å². The van der Waals surface area contributed by atoms with Crippen molar-refractivity contribution in [3.63, 3.8) is 0 Å². The predicted octanol–water partition coefficient (Wildman–Crippen LogP) is 3.48. The summed E-state index contributed by atoms with van der Waals surface area (Å²) in [5.74, 6) is 1.59. The lowest BCUT2D eigenvalue weighted by Crippen LogP contribution is -2.21. The molecule has 1 saturated heterocycles. The van der Waals surface area contributed by atoms with Crippen LogP contribution in [0.3, 0.4) is 0 Å². The van der Waals surface area contributed by atoms with Crippen LogP contribution in [0.2, 0.25) is 0 Å². The summed E-state index contributed by atoms with van der Waals surface area (Å²) < 4.78 is 0. The van der Waals surface area contributed by atoms with Gasteiger partial charge in [-0.05, 0) is 44.0 Å². The topological polar surface area (TPSA) is 70.2 Å². The number of aryl methyl sites for hydroxylation is 1. The van der Waals surface area contributed by atoms with E-state index in [4.69, 9.17) is 0 Å². The van der Waals surface area contributed by atoms with Gasteiger partial charge in [0, 0.05) is 42.6 Å². The zero-order valence-corrected chi connectivity index (χ0v) is 14.2. The van der Waals surface area contributed by atoms with Crippen LogP contribution < -0.4 is 15.5 Å². The van der Waals surface area contributed by atoms with Crippen molar-refractivity contribution in [2.24, 2.45) is 0 Å². The van der Waals surface area contributed by atoms with Gasteiger partial charge in [-0.15, -0.1) is 0 Å². The second kappa shape index (κ2) is 7.29. The molecule has 126 valence electrons. The Morgan fingerprint density at radius 1 is 1.12 bits per heavy atom. The Balaban J connectivity index is 1.72. The third kappa shape index (κ3) is 4.01. The van der Waals surface area contributed by atoms with Gasteiger partial charge in [0.05, 0.1) is 0 Å². The number of anilines is 4. The molecule has 0 aliphatic carbocycles. The van der Waals surface area contributed by atoms with Gasteiger partial charge in [0.1, 0.15) is 5.82 Å². The smallest absolute Gasteiger partial charge is 0.227 e. The van der Waals surface area contributed by atoms with Crippen LogP contribution >= 0.6 is 0 Å². The monoisotopic (exact) mass is 325 g/mol. The van der Waals surface area contributed by atoms with E-state index in [0.717, 1.165) is 41.9 Å². The molecule has 1 aliphatic heterocycles. The van der Waals surface area contributed by atoms with Crippen LogP contribution in [0.4, 0.5) is 23.1 Å². The molecule has 6 nitrogen and oxygen atoms in total. The zero-order chi connectivity index (χ0) is 16.9. The summed E-state index contributed by atoms with van der Waals surface area (Å²) >= 11 is 0. The van der Waals surface area contributed by atoms with E-state index in [-0.39, 0.29) is 5.91 Å². The fourth-order valence-electron chi connectivity index (χ4n) is 2.71. The van der Waals surface area contributed by atoms with E-state index in [2.05, 4.69) is 25.5 Å². The van der Waals surface area contributed by atoms with Gasteiger partial charge >= 0.3 is 0 Å². The first-order valence-electron chi connectivity index (χ1n) is 8.41. The van der Waals surface area contributed by atoms with Crippen molar-refractivity contribution in [3.8, 4) is 0 Å². The van der Waals surface area contributed by atoms with Crippen molar-refractivity contribution in [2.45, 2.75) is 33.1 Å². The summed E-state index contributed by atoms with van der Waals surface area (Å²) in [5.41, 5.74) is 2.67. The highest BCUT2D eigenvalue weighted by Crippen LogP contribution is 2.22. The lowest BCUT2D eigenvalue weighted by molar-refractivity contribution is -0.115. The fraction of sp³-hybridized carbons (Fsp3) is 0.389. The standard InChI is InChI=1S/C18H23N5O/c1-3-17(24)21-15-8-6-14(7-9-15)20-16-12-13(2)19-18(22-16)23-10-4-5-11-23/h6-9,12H,3-5,10-11H2,1-2H3,(H,21,24)(H,19,20,22). The molecule has 0 bridgehead atoms. The summed E-state index contributed by atoms with van der Waals surface area (Å²) in [7, 11) is 0. The molecule has 1 aromatic carbocycles. The van der Waals surface area contributed by atoms with Crippen LogP contribution in [-0.2, 0) is 4.79 Å². The SMILES string of the molecule is CCC(=O)Nc1ccc(Nc2cc(C)nc(N3CCCC3)n2)cc1. The summed E-state index contributed by atoms with van der Waals surface area (Å²) in [6, 6.07) is 9.56. The van der Waals surface area contributed by atoms with Crippen LogP contribution in [0.5, 0.6) is 0 Å². The van der Waals surface area contributed by atoms with Gasteiger partial charge in [0.15, 0.2) is 0 Å². The van der Waals surface area contributed by atoms with E-state index >= 15 is 0 Å². The minimum atomic E-state index is 0.0115. The van der Waals surface area contributed by atoms with Crippen LogP contribution in [0.15, 0.2) is 30.3 Å². The molecule has 2 aromatic rings. The molecule has 1 amide bonds. The van der Waals surface area contributed by atoms with Crippen molar-refractivity contribution in [1.82, 2.24) is 9.97 Å². The molecule has 1 aliphatic rings. The first-order valence-corrected chi connectivity index (χ1v) is 8.41. The molecule has 1 aromatic heterocycles. The number of carbonyl (C=O) groups is 1. The average Bonchev–Trinajstić information content (AvgIpc) is 3.10. The van der Waals surface area contributed by atoms with Crippen LogP contribution in [0.1, 0.15) is 31.9 Å². The molecule has 0 radical (unpaired) electrons. The quantitative estimate of drug-likeness (QED) is 0.881. The maximum Gasteiger partial charge on any atom is 0.227 e. The molecule has 0 atom stereocenters. The van der Waals surface area contributed by atoms with Crippen molar-refractivity contribution in [3.05, 3.63) is 36.0 Å². The minimum absolute atomic E-state index is 0.0115. The van der Waals surface area contributed by atoms with Gasteiger partial charge < -0.3 is 15.5 Å². The molecule has 1 fully saturated rings. The number of hydrogen-bond donors (Lipinski definition) is 2. The Morgan fingerprint density at radius 3 is 2.46 bits per heavy atom. The molecular formula is C18H23N5O. The number of hydrogen-bond acceptors (Lipinski definition) is 5. The van der Waals surface area contributed by atoms with Crippen LogP contribution in [0.25, 0.3) is 0 Å². The molecule has 6 heteroatoms. The molecule has 24 heavy (non-hydrogen) atoms. The average molecular weight is 325 g/mol. The summed E-state index contributed by atoms with van der Waals surface area (Å²) in [6.45, 7) is 5.86. The number of rotatable bonds is 5. The van der Waals surface area contributed by atoms with E-state index in [1.807, 2.05) is 44.2 Å². The molecular weight excluding hydrogens is 302 g/mol. The van der Waals surface area contributed by atoms with Crippen molar-refractivity contribution in [2.75, 3.05) is 28.6 Å². The van der Waals surface area contributed by atoms with Gasteiger partial charge in [0.25, 0.3) is 0 Å². The summed E-state index contributed by atoms with van der Waals surface area (Å²) in [6.07, 6.45) is 2.87. The van der Waals surface area contributed by atoms with Gasteiger partial charge in [0.2, 0.25) is 11.9 Å². The summed E-state index contributed by atoms with van der Waals surface area (Å²) in [5, 5.41) is 6.15. The number of amides is 1. The fourth-order valence-corrected chi connectivity index (χ4v) is 2.71. The van der Waals surface area contributed by atoms with E-state index in [1.54, 1.807) is 0 Å². The highest BCUT2D eigenvalue weighted by Gasteiger charge is 2.16. The first-order chi connectivity index (χ1) is 11.6. The number of nitrogens with one attached hydrogen (secondary N) is 2. The largest absolute Gasteiger partial charge is 0.341 e. The Bertz CT molecular complexity index is 708. The van der Waals surface area contributed by atoms with Crippen molar-refractivity contribution < 1.29 is 4.79 Å². The highest BCUT2D eigenvalue weighted by molar-refractivity contribution is 5.90. The first kappa shape index (κ1) is 16.2. The Kier molecular flexibility index (Phi) is 4.93. The number of aromatic nitrogens is 2. The van der Waals surface area contributed by atoms with Gasteiger partial charge in [-0.2, -0.15) is 4.98 Å². The normalized spacial score (nSPS) is 13.8. The van der Waals surface area contributed by atoms with Gasteiger partial charge in [-0.1, -0.05) is 6.92 Å². The van der Waals surface area contributed by atoms with Crippen molar-refractivity contribution >= 4 is 29.0 Å². The lowest BCUT2D eigenvalue weighted by atomic mass is 10.2. The minimum Gasteiger partial charge on any atom is -0.341 e. The third-order valence-electron chi connectivity index (χ3n) is 3.99. The van der Waals surface area contributed by atoms with Gasteiger partial charge in [-0.3, -0.25) is 4.79 Å². The van der Waals surface area contributed by atoms with Crippen molar-refractivity contribution in [1.29, 1.82) is 0 Å². The molecule has 0 saturated carbocycles. The summed E-state index contributed by atoms with van der Waals surface area (Å²) in [4.78, 5) is 22.8. The lowest BCUT2D eigenvalue weighted by Gasteiger charge is -2.17. The number of benzene rings is 1. The molecule has 2 N–H and O–H groups in total. The number of carbonyl (C=O) groups excluding carboxylic acids is 1.